The van der Waals surface area contributed by atoms with E-state index in [2.05, 4.69) is 4.98 Å². The molecule has 7 heteroatoms. The Morgan fingerprint density at radius 2 is 1.92 bits per heavy atom. The minimum atomic E-state index is -0.193. The third kappa shape index (κ3) is 3.23. The lowest BCUT2D eigenvalue weighted by atomic mass is 10.2. The molecular weight excluding hydrogens is 388 g/mol. The molecule has 26 heavy (non-hydrogen) atoms. The highest BCUT2D eigenvalue weighted by atomic mass is 35.5. The molecule has 0 bridgehead atoms. The first-order chi connectivity index (χ1) is 12.5. The minimum Gasteiger partial charge on any atom is -0.291 e. The summed E-state index contributed by atoms with van der Waals surface area (Å²) >= 11 is 8.74. The molecule has 130 valence electrons. The first-order valence-electron chi connectivity index (χ1n) is 7.86. The highest BCUT2D eigenvalue weighted by Crippen LogP contribution is 2.31. The first kappa shape index (κ1) is 17.1. The summed E-state index contributed by atoms with van der Waals surface area (Å²) < 4.78 is 1.93. The lowest BCUT2D eigenvalue weighted by Crippen LogP contribution is -2.23. The molecule has 0 aliphatic heterocycles. The highest BCUT2D eigenvalue weighted by Gasteiger charge is 2.14. The molecular formula is C19H13ClN2O2S2. The van der Waals surface area contributed by atoms with Crippen molar-refractivity contribution in [3.8, 4) is 10.4 Å². The molecule has 0 unspecified atom stereocenters. The van der Waals surface area contributed by atoms with Gasteiger partial charge >= 0.3 is 0 Å². The van der Waals surface area contributed by atoms with E-state index in [-0.39, 0.29) is 17.9 Å². The van der Waals surface area contributed by atoms with Gasteiger partial charge in [0.1, 0.15) is 4.70 Å². The molecule has 3 aromatic heterocycles. The number of aromatic nitrogens is 2. The van der Waals surface area contributed by atoms with Crippen LogP contribution in [0.4, 0.5) is 0 Å². The minimum absolute atomic E-state index is 0.00406. The zero-order valence-corrected chi connectivity index (χ0v) is 16.1. The van der Waals surface area contributed by atoms with Crippen LogP contribution in [0.2, 0.25) is 5.02 Å². The van der Waals surface area contributed by atoms with E-state index < -0.39 is 0 Å². The van der Waals surface area contributed by atoms with Gasteiger partial charge in [0.25, 0.3) is 5.56 Å². The lowest BCUT2D eigenvalue weighted by molar-refractivity contribution is 0.0974. The van der Waals surface area contributed by atoms with Crippen LogP contribution in [0.25, 0.3) is 20.7 Å². The van der Waals surface area contributed by atoms with Crippen molar-refractivity contribution in [1.29, 1.82) is 0 Å². The zero-order chi connectivity index (χ0) is 18.3. The number of carbonyl (C=O) groups is 1. The fourth-order valence-electron chi connectivity index (χ4n) is 2.63. The van der Waals surface area contributed by atoms with E-state index in [0.29, 0.717) is 20.1 Å². The van der Waals surface area contributed by atoms with Crippen LogP contribution < -0.4 is 5.56 Å². The predicted molar refractivity (Wildman–Crippen MR) is 108 cm³/mol. The van der Waals surface area contributed by atoms with Gasteiger partial charge in [-0.05, 0) is 42.8 Å². The predicted octanol–water partition coefficient (Wildman–Crippen LogP) is 5.03. The van der Waals surface area contributed by atoms with E-state index in [1.165, 1.54) is 33.6 Å². The maximum Gasteiger partial charge on any atom is 0.271 e. The zero-order valence-electron chi connectivity index (χ0n) is 13.7. The van der Waals surface area contributed by atoms with Crippen LogP contribution in [0.3, 0.4) is 0 Å². The number of rotatable bonds is 4. The van der Waals surface area contributed by atoms with Crippen molar-refractivity contribution in [2.75, 3.05) is 0 Å². The summed E-state index contributed by atoms with van der Waals surface area (Å²) in [5.74, 6) is -0.0826. The average molecular weight is 401 g/mol. The fraction of sp³-hybridized carbons (Fsp3) is 0.105. The van der Waals surface area contributed by atoms with Gasteiger partial charge in [-0.1, -0.05) is 23.7 Å². The number of thiophene rings is 2. The molecule has 0 amide bonds. The summed E-state index contributed by atoms with van der Waals surface area (Å²) in [7, 11) is 0. The van der Waals surface area contributed by atoms with Crippen molar-refractivity contribution in [1.82, 2.24) is 9.55 Å². The quantitative estimate of drug-likeness (QED) is 0.451. The van der Waals surface area contributed by atoms with Crippen LogP contribution >= 0.6 is 34.3 Å². The fourth-order valence-corrected chi connectivity index (χ4v) is 4.62. The van der Waals surface area contributed by atoms with E-state index in [1.807, 2.05) is 43.3 Å². The number of ketones is 1. The topological polar surface area (TPSA) is 52.0 Å². The molecule has 0 atom stereocenters. The molecule has 0 saturated carbocycles. The number of halogens is 1. The molecule has 0 spiro atoms. The van der Waals surface area contributed by atoms with Crippen LogP contribution in [0.15, 0.2) is 53.6 Å². The number of hydrogen-bond donors (Lipinski definition) is 0. The van der Waals surface area contributed by atoms with E-state index >= 15 is 0 Å². The van der Waals surface area contributed by atoms with E-state index in [4.69, 9.17) is 11.6 Å². The van der Waals surface area contributed by atoms with Crippen molar-refractivity contribution in [3.63, 3.8) is 0 Å². The second kappa shape index (κ2) is 6.79. The molecule has 0 fully saturated rings. The van der Waals surface area contributed by atoms with Gasteiger partial charge in [0.15, 0.2) is 5.78 Å². The number of fused-ring (bicyclic) bond motifs is 1. The van der Waals surface area contributed by atoms with Gasteiger partial charge in [-0.3, -0.25) is 14.2 Å². The molecule has 0 radical (unpaired) electrons. The normalized spacial score (nSPS) is 11.2. The summed E-state index contributed by atoms with van der Waals surface area (Å²) in [6.45, 7) is 1.95. The summed E-state index contributed by atoms with van der Waals surface area (Å²) in [5, 5.41) is 0.665. The Balaban J connectivity index is 1.69. The van der Waals surface area contributed by atoms with E-state index in [0.717, 1.165) is 15.3 Å². The van der Waals surface area contributed by atoms with Crippen molar-refractivity contribution in [3.05, 3.63) is 73.9 Å². The summed E-state index contributed by atoms with van der Waals surface area (Å²) in [5.41, 5.74) is 1.43. The molecule has 4 nitrogen and oxygen atoms in total. The second-order valence-electron chi connectivity index (χ2n) is 5.84. The monoisotopic (exact) mass is 400 g/mol. The maximum absolute atomic E-state index is 12.8. The van der Waals surface area contributed by atoms with Gasteiger partial charge in [-0.15, -0.1) is 22.7 Å². The highest BCUT2D eigenvalue weighted by molar-refractivity contribution is 7.22. The van der Waals surface area contributed by atoms with E-state index in [1.54, 1.807) is 6.07 Å². The Hall–Kier alpha value is -2.28. The average Bonchev–Trinajstić information content (AvgIpc) is 3.25. The van der Waals surface area contributed by atoms with Gasteiger partial charge in [-0.2, -0.15) is 0 Å². The third-order valence-corrected chi connectivity index (χ3v) is 6.42. The number of nitrogens with zero attached hydrogens (tertiary/aromatic N) is 2. The van der Waals surface area contributed by atoms with Gasteiger partial charge in [0.2, 0.25) is 0 Å². The summed E-state index contributed by atoms with van der Waals surface area (Å²) in [6.07, 6.45) is 1.45. The Kier molecular flexibility index (Phi) is 4.48. The van der Waals surface area contributed by atoms with Crippen molar-refractivity contribution >= 4 is 50.3 Å². The molecule has 0 aliphatic rings. The van der Waals surface area contributed by atoms with Crippen molar-refractivity contribution in [2.45, 2.75) is 13.5 Å². The van der Waals surface area contributed by atoms with Crippen molar-refractivity contribution < 1.29 is 4.79 Å². The smallest absolute Gasteiger partial charge is 0.271 e. The van der Waals surface area contributed by atoms with Crippen LogP contribution in [0.1, 0.15) is 14.5 Å². The first-order valence-corrected chi connectivity index (χ1v) is 9.87. The number of benzene rings is 1. The van der Waals surface area contributed by atoms with E-state index in [9.17, 15) is 9.59 Å². The largest absolute Gasteiger partial charge is 0.291 e. The number of hydrogen-bond acceptors (Lipinski definition) is 5. The number of Topliss-reactive ketones (excluding diaryl/α,β-unsaturated/α-hetero) is 1. The van der Waals surface area contributed by atoms with Crippen LogP contribution in [0, 0.1) is 6.92 Å². The number of carbonyl (C=O) groups excluding carboxylic acids is 1. The van der Waals surface area contributed by atoms with Gasteiger partial charge in [-0.25, -0.2) is 4.98 Å². The third-order valence-electron chi connectivity index (χ3n) is 3.96. The molecule has 3 heterocycles. The molecule has 4 aromatic rings. The Morgan fingerprint density at radius 1 is 1.15 bits per heavy atom. The molecule has 0 saturated heterocycles. The molecule has 0 aliphatic carbocycles. The van der Waals surface area contributed by atoms with Gasteiger partial charge in [0.05, 0.1) is 23.3 Å². The second-order valence-corrected chi connectivity index (χ2v) is 8.62. The standard InChI is InChI=1S/C19H13ClN2O2S2/c1-11-2-7-16(25-11)15(23)9-22-10-21-14-8-17(26-18(14)19(22)24)12-3-5-13(20)6-4-12/h2-8,10H,9H2,1H3. The van der Waals surface area contributed by atoms with Crippen LogP contribution in [-0.4, -0.2) is 15.3 Å². The Morgan fingerprint density at radius 3 is 2.62 bits per heavy atom. The SMILES string of the molecule is Cc1ccc(C(=O)Cn2cnc3cc(-c4ccc(Cl)cc4)sc3c2=O)s1. The lowest BCUT2D eigenvalue weighted by Gasteiger charge is -2.02. The molecule has 4 rings (SSSR count). The van der Waals surface area contributed by atoms with Crippen LogP contribution in [0.5, 0.6) is 0 Å². The van der Waals surface area contributed by atoms with Crippen LogP contribution in [-0.2, 0) is 6.54 Å². The summed E-state index contributed by atoms with van der Waals surface area (Å²) in [6, 6.07) is 13.0. The Labute approximate surface area is 162 Å². The Bertz CT molecular complexity index is 1170. The van der Waals surface area contributed by atoms with Gasteiger partial charge < -0.3 is 0 Å². The molecule has 0 N–H and O–H groups in total. The van der Waals surface area contributed by atoms with Gasteiger partial charge in [0, 0.05) is 14.8 Å². The summed E-state index contributed by atoms with van der Waals surface area (Å²) in [4.78, 5) is 32.2. The van der Waals surface area contributed by atoms with Crippen molar-refractivity contribution in [2.24, 2.45) is 0 Å². The maximum atomic E-state index is 12.8. The molecule has 1 aromatic carbocycles. The number of aryl methyl sites for hydroxylation is 1.